The highest BCUT2D eigenvalue weighted by Gasteiger charge is 2.25. The first kappa shape index (κ1) is 50.5. The molecule has 0 radical (unpaired) electrons. The summed E-state index contributed by atoms with van der Waals surface area (Å²) in [6, 6.07) is -0.739. The molecule has 0 bridgehead atoms. The fourth-order valence-electron chi connectivity index (χ4n) is 5.31. The maximum absolute atomic E-state index is 12.6. The average Bonchev–Trinajstić information content (AvgIpc) is 3.12. The Kier molecular flexibility index (Phi) is 34.1. The number of esters is 2. The van der Waals surface area contributed by atoms with Crippen molar-refractivity contribution in [3.8, 4) is 0 Å². The Hall–Kier alpha value is -3.49. The molecule has 8 nitrogen and oxygen atoms in total. The van der Waals surface area contributed by atoms with Crippen LogP contribution in [0.3, 0.4) is 0 Å². The number of unbranched alkanes of at least 4 members (excludes halogenated alkanes) is 7. The van der Waals surface area contributed by atoms with Gasteiger partial charge in [0.1, 0.15) is 12.6 Å². The molecule has 0 aromatic carbocycles. The highest BCUT2D eigenvalue weighted by Crippen LogP contribution is 2.10. The van der Waals surface area contributed by atoms with Crippen LogP contribution in [0.4, 0.5) is 0 Å². The van der Waals surface area contributed by atoms with E-state index in [9.17, 15) is 19.5 Å². The van der Waals surface area contributed by atoms with Crippen LogP contribution in [0.5, 0.6) is 0 Å². The van der Waals surface area contributed by atoms with E-state index in [0.717, 1.165) is 64.2 Å². The zero-order valence-corrected chi connectivity index (χ0v) is 34.6. The number of hydrogen-bond donors (Lipinski definition) is 0. The molecule has 0 aliphatic heterocycles. The van der Waals surface area contributed by atoms with Crippen LogP contribution in [0.25, 0.3) is 0 Å². The molecule has 0 saturated carbocycles. The van der Waals surface area contributed by atoms with Gasteiger partial charge in [-0.1, -0.05) is 118 Å². The maximum Gasteiger partial charge on any atom is 0.306 e. The Morgan fingerprint density at radius 2 is 1.06 bits per heavy atom. The number of hydrogen-bond acceptors (Lipinski definition) is 7. The zero-order chi connectivity index (χ0) is 40.0. The van der Waals surface area contributed by atoms with Crippen molar-refractivity contribution in [1.29, 1.82) is 0 Å². The molecule has 0 aromatic heterocycles. The molecule has 0 N–H and O–H groups in total. The molecule has 306 valence electrons. The second-order valence-electron chi connectivity index (χ2n) is 14.5. The number of rotatable bonds is 35. The first-order valence-corrected chi connectivity index (χ1v) is 20.6. The van der Waals surface area contributed by atoms with Gasteiger partial charge in [-0.3, -0.25) is 9.59 Å². The van der Waals surface area contributed by atoms with Gasteiger partial charge in [0, 0.05) is 19.3 Å². The van der Waals surface area contributed by atoms with Crippen LogP contribution >= 0.6 is 0 Å². The minimum Gasteiger partial charge on any atom is -0.544 e. The Morgan fingerprint density at radius 1 is 0.574 bits per heavy atom. The summed E-state index contributed by atoms with van der Waals surface area (Å²) in [5.74, 6) is -1.85. The van der Waals surface area contributed by atoms with E-state index in [2.05, 4.69) is 98.9 Å². The van der Waals surface area contributed by atoms with Crippen LogP contribution < -0.4 is 5.11 Å². The molecular formula is C46H75NO7. The highest BCUT2D eigenvalue weighted by atomic mass is 16.6. The van der Waals surface area contributed by atoms with Gasteiger partial charge in [0.05, 0.1) is 40.3 Å². The lowest BCUT2D eigenvalue weighted by Crippen LogP contribution is -2.55. The lowest BCUT2D eigenvalue weighted by atomic mass is 10.1. The first-order valence-electron chi connectivity index (χ1n) is 20.6. The quantitative estimate of drug-likeness (QED) is 0.0275. The number of quaternary nitrogens is 1. The molecule has 0 fully saturated rings. The van der Waals surface area contributed by atoms with E-state index in [1.54, 1.807) is 21.1 Å². The van der Waals surface area contributed by atoms with Crippen molar-refractivity contribution in [1.82, 2.24) is 0 Å². The first-order chi connectivity index (χ1) is 26.1. The van der Waals surface area contributed by atoms with Crippen molar-refractivity contribution >= 4 is 17.9 Å². The molecule has 0 heterocycles. The van der Waals surface area contributed by atoms with E-state index in [-0.39, 0.29) is 55.5 Å². The minimum absolute atomic E-state index is 0.0102. The number of carbonyl (C=O) groups excluding carboxylic acids is 3. The third-order valence-electron chi connectivity index (χ3n) is 8.52. The van der Waals surface area contributed by atoms with Gasteiger partial charge in [0.15, 0.2) is 6.10 Å². The summed E-state index contributed by atoms with van der Waals surface area (Å²) in [5, 5.41) is 11.6. The fourth-order valence-corrected chi connectivity index (χ4v) is 5.31. The SMILES string of the molecule is CC/C=C/C/C=C/C/C=C/C/C=C/C/C=C/C/C=C/CCCCC(=O)OCC(COCCC(C(=O)[O-])[N+](C)(C)C)OC(=O)CCC/C=C/CCCCCC. The van der Waals surface area contributed by atoms with Gasteiger partial charge in [-0.25, -0.2) is 0 Å². The van der Waals surface area contributed by atoms with Crippen molar-refractivity contribution in [2.45, 2.75) is 148 Å². The number of carbonyl (C=O) groups is 3. The van der Waals surface area contributed by atoms with Crippen LogP contribution in [0, 0.1) is 0 Å². The summed E-state index contributed by atoms with van der Waals surface area (Å²) in [6.45, 7) is 4.40. The van der Waals surface area contributed by atoms with E-state index >= 15 is 0 Å². The number of ether oxygens (including phenoxy) is 3. The number of carboxylic acid groups (broad SMARTS) is 1. The number of allylic oxidation sites excluding steroid dienone is 14. The van der Waals surface area contributed by atoms with Crippen LogP contribution in [0.15, 0.2) is 85.1 Å². The molecule has 0 rings (SSSR count). The van der Waals surface area contributed by atoms with E-state index < -0.39 is 18.1 Å². The van der Waals surface area contributed by atoms with Gasteiger partial charge in [0.2, 0.25) is 0 Å². The summed E-state index contributed by atoms with van der Waals surface area (Å²) < 4.78 is 17.0. The number of aliphatic carboxylic acids is 1. The summed E-state index contributed by atoms with van der Waals surface area (Å²) in [7, 11) is 5.36. The van der Waals surface area contributed by atoms with Crippen molar-refractivity contribution in [3.05, 3.63) is 85.1 Å². The summed E-state index contributed by atoms with van der Waals surface area (Å²) >= 11 is 0. The summed E-state index contributed by atoms with van der Waals surface area (Å²) in [6.07, 6.45) is 46.3. The lowest BCUT2D eigenvalue weighted by Gasteiger charge is -2.34. The second-order valence-corrected chi connectivity index (χ2v) is 14.5. The van der Waals surface area contributed by atoms with Crippen LogP contribution in [-0.2, 0) is 28.6 Å². The molecule has 0 amide bonds. The van der Waals surface area contributed by atoms with Gasteiger partial charge in [0.25, 0.3) is 0 Å². The van der Waals surface area contributed by atoms with Crippen molar-refractivity contribution in [2.24, 2.45) is 0 Å². The standard InChI is InChI=1S/C46H75NO7/c1-6-8-10-12-14-16-17-18-19-20-21-22-23-24-25-26-27-29-30-32-34-36-44(48)53-41-42(40-52-39-38-43(46(50)51)47(3,4)5)54-45(49)37-35-33-31-28-15-13-11-9-7-2/h8,10,14,16,18-19,21-22,24-25,27-29,31,42-43H,6-7,9,11-13,15,17,20,23,26,30,32-41H2,1-5H3/b10-8+,16-14+,19-18+,22-21+,25-24+,29-27+,31-28+. The normalized spacial score (nSPS) is 13.9. The maximum atomic E-state index is 12.6. The molecule has 8 heteroatoms. The number of likely N-dealkylation sites (N-methyl/N-ethyl adjacent to an activating group) is 1. The molecule has 0 saturated heterocycles. The molecule has 0 aliphatic rings. The van der Waals surface area contributed by atoms with Crippen molar-refractivity contribution in [2.75, 3.05) is 41.0 Å². The Labute approximate surface area is 329 Å². The lowest BCUT2D eigenvalue weighted by molar-refractivity contribution is -0.889. The largest absolute Gasteiger partial charge is 0.544 e. The van der Waals surface area contributed by atoms with E-state index in [4.69, 9.17) is 14.2 Å². The van der Waals surface area contributed by atoms with Gasteiger partial charge < -0.3 is 28.6 Å². The molecular weight excluding hydrogens is 679 g/mol. The second kappa shape index (κ2) is 36.5. The predicted molar refractivity (Wildman–Crippen MR) is 222 cm³/mol. The smallest absolute Gasteiger partial charge is 0.306 e. The highest BCUT2D eigenvalue weighted by molar-refractivity contribution is 5.70. The topological polar surface area (TPSA) is 102 Å². The third kappa shape index (κ3) is 34.3. The Bertz CT molecular complexity index is 1160. The monoisotopic (exact) mass is 754 g/mol. The Morgan fingerprint density at radius 3 is 1.57 bits per heavy atom. The third-order valence-corrected chi connectivity index (χ3v) is 8.52. The molecule has 0 aromatic rings. The van der Waals surface area contributed by atoms with Crippen LogP contribution in [0.2, 0.25) is 0 Å². The van der Waals surface area contributed by atoms with E-state index in [0.29, 0.717) is 12.8 Å². The van der Waals surface area contributed by atoms with Gasteiger partial charge in [-0.2, -0.15) is 0 Å². The van der Waals surface area contributed by atoms with Crippen molar-refractivity contribution < 1.29 is 38.2 Å². The van der Waals surface area contributed by atoms with Crippen molar-refractivity contribution in [3.63, 3.8) is 0 Å². The predicted octanol–water partition coefficient (Wildman–Crippen LogP) is 9.63. The van der Waals surface area contributed by atoms with Gasteiger partial charge in [-0.05, 0) is 83.5 Å². The summed E-state index contributed by atoms with van der Waals surface area (Å²) in [4.78, 5) is 36.6. The zero-order valence-electron chi connectivity index (χ0n) is 34.6. The average molecular weight is 754 g/mol. The Balaban J connectivity index is 4.43. The van der Waals surface area contributed by atoms with E-state index in [1.807, 2.05) is 0 Å². The molecule has 0 spiro atoms. The van der Waals surface area contributed by atoms with Crippen LogP contribution in [0.1, 0.15) is 136 Å². The van der Waals surface area contributed by atoms with Crippen LogP contribution in [-0.4, -0.2) is 75.5 Å². The molecule has 54 heavy (non-hydrogen) atoms. The molecule has 0 aliphatic carbocycles. The molecule has 2 unspecified atom stereocenters. The number of carboxylic acids is 1. The van der Waals surface area contributed by atoms with Gasteiger partial charge in [-0.15, -0.1) is 0 Å². The fraction of sp³-hybridized carbons (Fsp3) is 0.630. The number of nitrogens with zero attached hydrogens (tertiary/aromatic N) is 1. The molecule has 2 atom stereocenters. The minimum atomic E-state index is -1.14. The van der Waals surface area contributed by atoms with Gasteiger partial charge >= 0.3 is 11.9 Å². The van der Waals surface area contributed by atoms with E-state index in [1.165, 1.54) is 25.7 Å². The summed E-state index contributed by atoms with van der Waals surface area (Å²) in [5.41, 5.74) is 0.